The molecule has 0 bridgehead atoms. The molecule has 0 radical (unpaired) electrons. The van der Waals surface area contributed by atoms with Crippen molar-refractivity contribution >= 4 is 15.9 Å². The van der Waals surface area contributed by atoms with E-state index in [9.17, 15) is 13.2 Å². The molecular formula is C14H22N2O4S. The molecule has 0 fully saturated rings. The van der Waals surface area contributed by atoms with E-state index in [4.69, 9.17) is 4.84 Å². The molecule has 0 aliphatic carbocycles. The minimum Gasteiger partial charge on any atom is -0.274 e. The number of sulfonamides is 1. The van der Waals surface area contributed by atoms with Crippen LogP contribution in [0.4, 0.5) is 0 Å². The molecule has 1 aromatic carbocycles. The van der Waals surface area contributed by atoms with E-state index in [0.717, 1.165) is 5.56 Å². The van der Waals surface area contributed by atoms with E-state index in [1.165, 1.54) is 0 Å². The topological polar surface area (TPSA) is 84.5 Å². The number of hydrogen-bond donors (Lipinski definition) is 2. The Bertz CT molecular complexity index is 588. The summed E-state index contributed by atoms with van der Waals surface area (Å²) in [4.78, 5) is 16.3. The Morgan fingerprint density at radius 3 is 2.29 bits per heavy atom. The van der Waals surface area contributed by atoms with Gasteiger partial charge in [-0.3, -0.25) is 9.63 Å². The van der Waals surface area contributed by atoms with E-state index in [0.29, 0.717) is 17.7 Å². The molecule has 7 heteroatoms. The van der Waals surface area contributed by atoms with Crippen molar-refractivity contribution in [3.8, 4) is 0 Å². The molecule has 1 amide bonds. The van der Waals surface area contributed by atoms with Gasteiger partial charge in [0.1, 0.15) is 0 Å². The fourth-order valence-electron chi connectivity index (χ4n) is 2.17. The molecule has 0 heterocycles. The lowest BCUT2D eigenvalue weighted by Gasteiger charge is -2.13. The van der Waals surface area contributed by atoms with Crippen LogP contribution in [0.5, 0.6) is 0 Å². The molecule has 118 valence electrons. The Balaban J connectivity index is 2.73. The number of carbonyl (C=O) groups excluding carboxylic acids is 1. The fourth-order valence-corrected chi connectivity index (χ4v) is 3.65. The van der Waals surface area contributed by atoms with Crippen LogP contribution in [0.2, 0.25) is 0 Å². The normalized spacial score (nSPS) is 11.4. The summed E-state index contributed by atoms with van der Waals surface area (Å²) in [5.74, 6) is -0.364. The summed E-state index contributed by atoms with van der Waals surface area (Å²) < 4.78 is 27.1. The third-order valence-corrected chi connectivity index (χ3v) is 4.61. The third kappa shape index (κ3) is 5.11. The number of benzene rings is 1. The molecule has 0 aliphatic rings. The second-order valence-corrected chi connectivity index (χ2v) is 6.54. The summed E-state index contributed by atoms with van der Waals surface area (Å²) >= 11 is 0. The first-order valence-corrected chi connectivity index (χ1v) is 8.24. The summed E-state index contributed by atoms with van der Waals surface area (Å²) in [6, 6.07) is 3.65. The Morgan fingerprint density at radius 2 is 1.76 bits per heavy atom. The van der Waals surface area contributed by atoms with Gasteiger partial charge in [-0.25, -0.2) is 18.6 Å². The van der Waals surface area contributed by atoms with Crippen molar-refractivity contribution in [2.24, 2.45) is 0 Å². The standard InChI is InChI=1S/C14H22N2O4S/c1-5-20-16-13(17)6-7-15-21(18,19)14-11(3)8-10(2)9-12(14)4/h8-9,15H,5-7H2,1-4H3,(H,16,17). The molecule has 2 N–H and O–H groups in total. The molecule has 1 rings (SSSR count). The first kappa shape index (κ1) is 17.6. The summed E-state index contributed by atoms with van der Waals surface area (Å²) in [6.07, 6.45) is 0.0171. The average Bonchev–Trinajstić information content (AvgIpc) is 2.34. The number of hydroxylamine groups is 1. The molecular weight excluding hydrogens is 292 g/mol. The van der Waals surface area contributed by atoms with Crippen LogP contribution in [-0.2, 0) is 19.7 Å². The molecule has 1 aromatic rings. The van der Waals surface area contributed by atoms with Crippen LogP contribution in [0, 0.1) is 20.8 Å². The maximum Gasteiger partial charge on any atom is 0.244 e. The number of hydrogen-bond acceptors (Lipinski definition) is 4. The van der Waals surface area contributed by atoms with Crippen LogP contribution in [0.25, 0.3) is 0 Å². The van der Waals surface area contributed by atoms with E-state index in [1.807, 2.05) is 19.1 Å². The van der Waals surface area contributed by atoms with Crippen LogP contribution >= 0.6 is 0 Å². The lowest BCUT2D eigenvalue weighted by atomic mass is 10.1. The van der Waals surface area contributed by atoms with Crippen molar-refractivity contribution in [1.29, 1.82) is 0 Å². The lowest BCUT2D eigenvalue weighted by molar-refractivity contribution is -0.132. The maximum absolute atomic E-state index is 12.3. The minimum atomic E-state index is -3.63. The lowest BCUT2D eigenvalue weighted by Crippen LogP contribution is -2.31. The molecule has 0 saturated heterocycles. The summed E-state index contributed by atoms with van der Waals surface area (Å²) in [6.45, 7) is 7.56. The minimum absolute atomic E-state index is 0.0171. The molecule has 0 atom stereocenters. The maximum atomic E-state index is 12.3. The van der Waals surface area contributed by atoms with Gasteiger partial charge in [0, 0.05) is 13.0 Å². The zero-order valence-corrected chi connectivity index (χ0v) is 13.6. The van der Waals surface area contributed by atoms with Crippen molar-refractivity contribution < 1.29 is 18.0 Å². The smallest absolute Gasteiger partial charge is 0.244 e. The van der Waals surface area contributed by atoms with Gasteiger partial charge in [0.2, 0.25) is 15.9 Å². The van der Waals surface area contributed by atoms with Crippen molar-refractivity contribution in [2.75, 3.05) is 13.2 Å². The molecule has 0 aliphatic heterocycles. The van der Waals surface area contributed by atoms with Gasteiger partial charge in [-0.1, -0.05) is 17.7 Å². The van der Waals surface area contributed by atoms with Gasteiger partial charge in [-0.2, -0.15) is 0 Å². The van der Waals surface area contributed by atoms with Gasteiger partial charge >= 0.3 is 0 Å². The van der Waals surface area contributed by atoms with Crippen LogP contribution in [-0.4, -0.2) is 27.5 Å². The van der Waals surface area contributed by atoms with Gasteiger partial charge in [0.15, 0.2) is 0 Å². The van der Waals surface area contributed by atoms with Gasteiger partial charge in [0.05, 0.1) is 11.5 Å². The van der Waals surface area contributed by atoms with E-state index < -0.39 is 10.0 Å². The van der Waals surface area contributed by atoms with E-state index in [1.54, 1.807) is 20.8 Å². The van der Waals surface area contributed by atoms with E-state index >= 15 is 0 Å². The Morgan fingerprint density at radius 1 is 1.19 bits per heavy atom. The van der Waals surface area contributed by atoms with E-state index in [2.05, 4.69) is 10.2 Å². The number of rotatable bonds is 7. The first-order chi connectivity index (χ1) is 9.77. The molecule has 0 spiro atoms. The number of carbonyl (C=O) groups is 1. The molecule has 21 heavy (non-hydrogen) atoms. The van der Waals surface area contributed by atoms with Crippen molar-refractivity contribution in [3.05, 3.63) is 28.8 Å². The Hall–Kier alpha value is -1.44. The second kappa shape index (κ2) is 7.53. The molecule has 0 unspecified atom stereocenters. The highest BCUT2D eigenvalue weighted by Gasteiger charge is 2.19. The largest absolute Gasteiger partial charge is 0.274 e. The fraction of sp³-hybridized carbons (Fsp3) is 0.500. The van der Waals surface area contributed by atoms with Gasteiger partial charge < -0.3 is 0 Å². The van der Waals surface area contributed by atoms with Crippen LogP contribution in [0.1, 0.15) is 30.0 Å². The Kier molecular flexibility index (Phi) is 6.32. The number of amides is 1. The zero-order valence-electron chi connectivity index (χ0n) is 12.8. The van der Waals surface area contributed by atoms with Crippen molar-refractivity contribution in [2.45, 2.75) is 39.0 Å². The summed E-state index contributed by atoms with van der Waals surface area (Å²) in [5.41, 5.74) is 4.62. The first-order valence-electron chi connectivity index (χ1n) is 6.76. The van der Waals surface area contributed by atoms with Crippen LogP contribution in [0.15, 0.2) is 17.0 Å². The monoisotopic (exact) mass is 314 g/mol. The Labute approximate surface area is 125 Å². The highest BCUT2D eigenvalue weighted by atomic mass is 32.2. The summed E-state index contributed by atoms with van der Waals surface area (Å²) in [5, 5.41) is 0. The van der Waals surface area contributed by atoms with Crippen molar-refractivity contribution in [3.63, 3.8) is 0 Å². The quantitative estimate of drug-likeness (QED) is 0.744. The predicted molar refractivity (Wildman–Crippen MR) is 80.2 cm³/mol. The predicted octanol–water partition coefficient (Wildman–Crippen LogP) is 1.35. The summed E-state index contributed by atoms with van der Waals surface area (Å²) in [7, 11) is -3.63. The molecule has 0 saturated carbocycles. The third-order valence-electron chi connectivity index (χ3n) is 2.85. The van der Waals surface area contributed by atoms with E-state index in [-0.39, 0.29) is 23.8 Å². The second-order valence-electron chi connectivity index (χ2n) is 4.83. The SMILES string of the molecule is CCONC(=O)CCNS(=O)(=O)c1c(C)cc(C)cc1C. The van der Waals surface area contributed by atoms with Crippen LogP contribution in [0.3, 0.4) is 0 Å². The number of nitrogens with one attached hydrogen (secondary N) is 2. The van der Waals surface area contributed by atoms with Crippen LogP contribution < -0.4 is 10.2 Å². The average molecular weight is 314 g/mol. The van der Waals surface area contributed by atoms with Gasteiger partial charge in [-0.05, 0) is 38.8 Å². The zero-order chi connectivity index (χ0) is 16.0. The highest BCUT2D eigenvalue weighted by Crippen LogP contribution is 2.21. The van der Waals surface area contributed by atoms with Gasteiger partial charge in [-0.15, -0.1) is 0 Å². The number of aryl methyl sites for hydroxylation is 3. The highest BCUT2D eigenvalue weighted by molar-refractivity contribution is 7.89. The van der Waals surface area contributed by atoms with Gasteiger partial charge in [0.25, 0.3) is 0 Å². The van der Waals surface area contributed by atoms with Crippen molar-refractivity contribution in [1.82, 2.24) is 10.2 Å². The molecule has 0 aromatic heterocycles. The molecule has 6 nitrogen and oxygen atoms in total.